The van der Waals surface area contributed by atoms with E-state index in [1.807, 2.05) is 0 Å². The van der Waals surface area contributed by atoms with Crippen molar-refractivity contribution in [2.24, 2.45) is 0 Å². The number of halogens is 2. The summed E-state index contributed by atoms with van der Waals surface area (Å²) in [5.74, 6) is -1.02. The molecule has 3 N–H and O–H groups in total. The summed E-state index contributed by atoms with van der Waals surface area (Å²) in [6, 6.07) is 2.19. The lowest BCUT2D eigenvalue weighted by molar-refractivity contribution is 0.108. The number of nitrogen functional groups attached to an aromatic ring is 1. The number of benzene rings is 1. The number of aliphatic hydroxyl groups excluding tert-OH is 1. The van der Waals surface area contributed by atoms with Gasteiger partial charge in [-0.05, 0) is 25.0 Å². The first-order chi connectivity index (χ1) is 8.82. The number of aliphatic hydroxyl groups is 1. The van der Waals surface area contributed by atoms with Crippen LogP contribution in [0.4, 0.5) is 10.1 Å². The minimum atomic E-state index is -4.04. The van der Waals surface area contributed by atoms with Crippen LogP contribution in [-0.2, 0) is 10.0 Å². The molecule has 0 amide bonds. The van der Waals surface area contributed by atoms with Gasteiger partial charge < -0.3 is 10.8 Å². The van der Waals surface area contributed by atoms with Gasteiger partial charge in [0.2, 0.25) is 10.0 Å². The topological polar surface area (TPSA) is 83.6 Å². The third-order valence-corrected chi connectivity index (χ3v) is 5.13. The first kappa shape index (κ1) is 14.5. The predicted octanol–water partition coefficient (Wildman–Crippen LogP) is 1.21. The number of anilines is 1. The first-order valence-electron chi connectivity index (χ1n) is 5.75. The maximum absolute atomic E-state index is 13.9. The zero-order valence-electron chi connectivity index (χ0n) is 10.0. The Hall–Kier alpha value is -0.890. The highest BCUT2D eigenvalue weighted by Gasteiger charge is 2.32. The molecule has 1 aromatic rings. The Morgan fingerprint density at radius 2 is 2.16 bits per heavy atom. The third kappa shape index (κ3) is 2.84. The van der Waals surface area contributed by atoms with Crippen LogP contribution in [0.3, 0.4) is 0 Å². The molecule has 0 aromatic heterocycles. The summed E-state index contributed by atoms with van der Waals surface area (Å²) in [5, 5.41) is 9.18. The summed E-state index contributed by atoms with van der Waals surface area (Å²) < 4.78 is 39.6. The molecule has 1 aliphatic rings. The zero-order chi connectivity index (χ0) is 14.2. The summed E-state index contributed by atoms with van der Waals surface area (Å²) in [6.07, 6.45) is 0.327. The van der Waals surface area contributed by atoms with Crippen molar-refractivity contribution in [1.82, 2.24) is 4.31 Å². The van der Waals surface area contributed by atoms with Crippen molar-refractivity contribution < 1.29 is 17.9 Å². The average Bonchev–Trinajstić information content (AvgIpc) is 2.33. The molecule has 5 nitrogen and oxygen atoms in total. The molecule has 1 heterocycles. The van der Waals surface area contributed by atoms with Crippen LogP contribution in [0.1, 0.15) is 12.8 Å². The van der Waals surface area contributed by atoms with Gasteiger partial charge in [0.05, 0.1) is 11.1 Å². The molecule has 1 aliphatic heterocycles. The number of nitrogens with two attached hydrogens (primary N) is 1. The number of rotatable bonds is 2. The van der Waals surface area contributed by atoms with Gasteiger partial charge in [0.25, 0.3) is 0 Å². The van der Waals surface area contributed by atoms with Gasteiger partial charge in [0.1, 0.15) is 4.90 Å². The van der Waals surface area contributed by atoms with Gasteiger partial charge in [0.15, 0.2) is 5.82 Å². The molecule has 1 aromatic carbocycles. The summed E-state index contributed by atoms with van der Waals surface area (Å²) >= 11 is 5.61. The molecule has 1 atom stereocenters. The fourth-order valence-corrected chi connectivity index (χ4v) is 3.97. The van der Waals surface area contributed by atoms with E-state index >= 15 is 0 Å². The van der Waals surface area contributed by atoms with Crippen LogP contribution >= 0.6 is 11.6 Å². The van der Waals surface area contributed by atoms with Crippen molar-refractivity contribution in [2.75, 3.05) is 18.8 Å². The monoisotopic (exact) mass is 308 g/mol. The Morgan fingerprint density at radius 3 is 2.79 bits per heavy atom. The van der Waals surface area contributed by atoms with E-state index in [2.05, 4.69) is 0 Å². The smallest absolute Gasteiger partial charge is 0.246 e. The van der Waals surface area contributed by atoms with Crippen LogP contribution in [0.2, 0.25) is 5.02 Å². The third-order valence-electron chi connectivity index (χ3n) is 2.99. The normalized spacial score (nSPS) is 21.5. The molecule has 19 heavy (non-hydrogen) atoms. The van der Waals surface area contributed by atoms with E-state index < -0.39 is 26.8 Å². The van der Waals surface area contributed by atoms with Crippen molar-refractivity contribution >= 4 is 27.3 Å². The fraction of sp³-hybridized carbons (Fsp3) is 0.455. The Kier molecular flexibility index (Phi) is 4.00. The highest BCUT2D eigenvalue weighted by Crippen LogP contribution is 2.29. The van der Waals surface area contributed by atoms with Gasteiger partial charge in [-0.3, -0.25) is 0 Å². The highest BCUT2D eigenvalue weighted by atomic mass is 35.5. The summed E-state index contributed by atoms with van der Waals surface area (Å²) in [6.45, 7) is 0.194. The SMILES string of the molecule is Nc1cc(Cl)c(F)c(S(=O)(=O)N2CCCC(O)C2)c1. The van der Waals surface area contributed by atoms with Crippen molar-refractivity contribution in [3.8, 4) is 0 Å². The Labute approximate surface area is 115 Å². The van der Waals surface area contributed by atoms with E-state index in [1.165, 1.54) is 0 Å². The number of piperidine rings is 1. The lowest BCUT2D eigenvalue weighted by Gasteiger charge is -2.29. The van der Waals surface area contributed by atoms with Gasteiger partial charge >= 0.3 is 0 Å². The quantitative estimate of drug-likeness (QED) is 0.804. The van der Waals surface area contributed by atoms with Crippen LogP contribution in [0.15, 0.2) is 17.0 Å². The second-order valence-corrected chi connectivity index (χ2v) is 6.79. The van der Waals surface area contributed by atoms with E-state index in [4.69, 9.17) is 17.3 Å². The van der Waals surface area contributed by atoms with Gasteiger partial charge in [-0.1, -0.05) is 11.6 Å². The van der Waals surface area contributed by atoms with Crippen molar-refractivity contribution in [1.29, 1.82) is 0 Å². The molecule has 2 rings (SSSR count). The van der Waals surface area contributed by atoms with Crippen molar-refractivity contribution in [3.05, 3.63) is 23.0 Å². The number of hydrogen-bond donors (Lipinski definition) is 2. The molecule has 0 spiro atoms. The molecule has 0 aliphatic carbocycles. The molecular weight excluding hydrogens is 295 g/mol. The lowest BCUT2D eigenvalue weighted by Crippen LogP contribution is -2.42. The summed E-state index contributed by atoms with van der Waals surface area (Å²) in [4.78, 5) is -0.549. The van der Waals surface area contributed by atoms with Crippen LogP contribution in [0, 0.1) is 5.82 Å². The van der Waals surface area contributed by atoms with Crippen molar-refractivity contribution in [3.63, 3.8) is 0 Å². The standard InChI is InChI=1S/C11H14ClFN2O3S/c12-9-4-7(14)5-10(11(9)13)19(17,18)15-3-1-2-8(16)6-15/h4-5,8,16H,1-3,6,14H2. The predicted molar refractivity (Wildman–Crippen MR) is 69.8 cm³/mol. The molecule has 0 saturated carbocycles. The molecule has 0 radical (unpaired) electrons. The maximum atomic E-state index is 13.9. The maximum Gasteiger partial charge on any atom is 0.246 e. The van der Waals surface area contributed by atoms with Crippen LogP contribution in [-0.4, -0.2) is 37.0 Å². The second-order valence-electron chi connectivity index (χ2n) is 4.47. The van der Waals surface area contributed by atoms with E-state index in [9.17, 15) is 17.9 Å². The Balaban J connectivity index is 2.45. The largest absolute Gasteiger partial charge is 0.399 e. The number of nitrogens with zero attached hydrogens (tertiary/aromatic N) is 1. The Morgan fingerprint density at radius 1 is 1.47 bits per heavy atom. The minimum Gasteiger partial charge on any atom is -0.399 e. The highest BCUT2D eigenvalue weighted by molar-refractivity contribution is 7.89. The van der Waals surface area contributed by atoms with Crippen molar-refractivity contribution in [2.45, 2.75) is 23.8 Å². The van der Waals surface area contributed by atoms with Gasteiger partial charge in [-0.2, -0.15) is 4.31 Å². The van der Waals surface area contributed by atoms with Gasteiger partial charge in [0, 0.05) is 18.8 Å². The average molecular weight is 309 g/mol. The molecule has 0 bridgehead atoms. The van der Waals surface area contributed by atoms with E-state index in [0.29, 0.717) is 12.8 Å². The van der Waals surface area contributed by atoms with E-state index in [0.717, 1.165) is 16.4 Å². The molecular formula is C11H14ClFN2O3S. The van der Waals surface area contributed by atoms with Crippen LogP contribution in [0.5, 0.6) is 0 Å². The minimum absolute atomic E-state index is 0.0474. The molecule has 8 heteroatoms. The number of β-amino-alcohol motifs (C(OH)–C–C–N with tert-alkyl or cyclic N) is 1. The lowest BCUT2D eigenvalue weighted by atomic mass is 10.1. The van der Waals surface area contributed by atoms with Gasteiger partial charge in [-0.15, -0.1) is 0 Å². The molecule has 1 fully saturated rings. The van der Waals surface area contributed by atoms with Gasteiger partial charge in [-0.25, -0.2) is 12.8 Å². The van der Waals surface area contributed by atoms with E-state index in [1.54, 1.807) is 0 Å². The molecule has 106 valence electrons. The number of hydrogen-bond acceptors (Lipinski definition) is 4. The summed E-state index contributed by atoms with van der Waals surface area (Å²) in [5.41, 5.74) is 5.57. The fourth-order valence-electron chi connectivity index (χ4n) is 2.05. The Bertz CT molecular complexity index is 594. The number of sulfonamides is 1. The zero-order valence-corrected chi connectivity index (χ0v) is 11.6. The van der Waals surface area contributed by atoms with E-state index in [-0.39, 0.29) is 23.8 Å². The van der Waals surface area contributed by atoms with Crippen LogP contribution < -0.4 is 5.73 Å². The van der Waals surface area contributed by atoms with Crippen LogP contribution in [0.25, 0.3) is 0 Å². The molecule has 1 unspecified atom stereocenters. The second kappa shape index (κ2) is 5.24. The summed E-state index contributed by atoms with van der Waals surface area (Å²) in [7, 11) is -4.04. The molecule has 1 saturated heterocycles. The first-order valence-corrected chi connectivity index (χ1v) is 7.57.